The topological polar surface area (TPSA) is 43.6 Å². The van der Waals surface area contributed by atoms with Gasteiger partial charge in [0, 0.05) is 5.02 Å². The van der Waals surface area contributed by atoms with Crippen LogP contribution < -0.4 is 0 Å². The van der Waals surface area contributed by atoms with Gasteiger partial charge in [-0.15, -0.1) is 11.3 Å². The van der Waals surface area contributed by atoms with E-state index in [1.807, 2.05) is 52.4 Å². The lowest BCUT2D eigenvalue weighted by molar-refractivity contribution is 1.09. The molecule has 126 valence electrons. The summed E-state index contributed by atoms with van der Waals surface area (Å²) in [6.45, 7) is 0. The van der Waals surface area contributed by atoms with E-state index in [0.717, 1.165) is 27.4 Å². The van der Waals surface area contributed by atoms with Gasteiger partial charge in [-0.25, -0.2) is 15.0 Å². The van der Waals surface area contributed by atoms with Crippen LogP contribution in [0.1, 0.15) is 0 Å². The van der Waals surface area contributed by atoms with Crippen molar-refractivity contribution in [2.75, 3.05) is 0 Å². The lowest BCUT2D eigenvalue weighted by Gasteiger charge is -2.10. The average molecular weight is 397 g/mol. The van der Waals surface area contributed by atoms with Gasteiger partial charge in [0.25, 0.3) is 0 Å². The van der Waals surface area contributed by atoms with E-state index >= 15 is 0 Å². The minimum atomic E-state index is 0.532. The van der Waals surface area contributed by atoms with Crippen molar-refractivity contribution in [2.24, 2.45) is 0 Å². The Labute approximate surface area is 162 Å². The Kier molecular flexibility index (Phi) is 3.67. The Bertz CT molecular complexity index is 1260. The summed E-state index contributed by atoms with van der Waals surface area (Å²) in [6, 6.07) is 17.2. The largest absolute Gasteiger partial charge is 0.273 e. The Morgan fingerprint density at radius 1 is 0.846 bits per heavy atom. The fraction of sp³-hybridized carbons (Fsp3) is 0. The quantitative estimate of drug-likeness (QED) is 0.367. The molecule has 4 nitrogen and oxygen atoms in total. The molecule has 0 saturated heterocycles. The SMILES string of the molecule is Clc1ccc(-n2c(-c3cccs3)nc3nc4ccccc4nc32)c(Cl)c1. The van der Waals surface area contributed by atoms with Crippen molar-refractivity contribution in [1.29, 1.82) is 0 Å². The van der Waals surface area contributed by atoms with Crippen LogP contribution >= 0.6 is 34.5 Å². The first kappa shape index (κ1) is 15.8. The first-order chi connectivity index (χ1) is 12.7. The fourth-order valence-electron chi connectivity index (χ4n) is 2.92. The van der Waals surface area contributed by atoms with E-state index < -0.39 is 0 Å². The van der Waals surface area contributed by atoms with Crippen LogP contribution in [-0.4, -0.2) is 19.5 Å². The second-order valence-corrected chi connectivity index (χ2v) is 7.49. The number of imidazole rings is 1. The second-order valence-electron chi connectivity index (χ2n) is 5.70. The third-order valence-electron chi connectivity index (χ3n) is 4.06. The van der Waals surface area contributed by atoms with Crippen molar-refractivity contribution in [3.8, 4) is 16.4 Å². The molecule has 3 heterocycles. The number of nitrogens with zero attached hydrogens (tertiary/aromatic N) is 4. The molecule has 3 aromatic heterocycles. The van der Waals surface area contributed by atoms with Crippen molar-refractivity contribution < 1.29 is 0 Å². The predicted molar refractivity (Wildman–Crippen MR) is 107 cm³/mol. The molecule has 0 bridgehead atoms. The molecule has 0 fully saturated rings. The Morgan fingerprint density at radius 2 is 1.65 bits per heavy atom. The van der Waals surface area contributed by atoms with Crippen LogP contribution in [0, 0.1) is 0 Å². The zero-order valence-electron chi connectivity index (χ0n) is 13.2. The number of hydrogen-bond acceptors (Lipinski definition) is 4. The van der Waals surface area contributed by atoms with Gasteiger partial charge in [0.2, 0.25) is 0 Å². The molecule has 0 atom stereocenters. The van der Waals surface area contributed by atoms with Crippen molar-refractivity contribution in [3.63, 3.8) is 0 Å². The van der Waals surface area contributed by atoms with Crippen molar-refractivity contribution in [2.45, 2.75) is 0 Å². The standard InChI is InChI=1S/C19H10Cl2N4S/c20-11-7-8-15(12(21)10-11)25-18(16-6-3-9-26-16)24-17-19(25)23-14-5-2-1-4-13(14)22-17/h1-10H. The molecule has 0 aliphatic carbocycles. The molecule has 7 heteroatoms. The first-order valence-corrected chi connectivity index (χ1v) is 9.49. The Hall–Kier alpha value is -2.47. The highest BCUT2D eigenvalue weighted by Gasteiger charge is 2.19. The molecular weight excluding hydrogens is 387 g/mol. The summed E-state index contributed by atoms with van der Waals surface area (Å²) < 4.78 is 1.94. The highest BCUT2D eigenvalue weighted by atomic mass is 35.5. The number of thiophene rings is 1. The van der Waals surface area contributed by atoms with Gasteiger partial charge in [0.15, 0.2) is 17.1 Å². The van der Waals surface area contributed by atoms with Gasteiger partial charge in [-0.2, -0.15) is 0 Å². The summed E-state index contributed by atoms with van der Waals surface area (Å²) >= 11 is 14.2. The van der Waals surface area contributed by atoms with Crippen molar-refractivity contribution in [1.82, 2.24) is 19.5 Å². The number of para-hydroxylation sites is 2. The van der Waals surface area contributed by atoms with Crippen LogP contribution in [0.2, 0.25) is 10.0 Å². The average Bonchev–Trinajstić information content (AvgIpc) is 3.27. The van der Waals surface area contributed by atoms with Crippen LogP contribution in [0.15, 0.2) is 60.0 Å². The van der Waals surface area contributed by atoms with Gasteiger partial charge in [-0.3, -0.25) is 4.57 Å². The number of benzene rings is 2. The number of aromatic nitrogens is 4. The molecule has 0 aliphatic rings. The first-order valence-electron chi connectivity index (χ1n) is 7.85. The molecule has 0 amide bonds. The number of hydrogen-bond donors (Lipinski definition) is 0. The van der Waals surface area contributed by atoms with E-state index in [4.69, 9.17) is 33.2 Å². The van der Waals surface area contributed by atoms with E-state index in [1.165, 1.54) is 0 Å². The Balaban J connectivity index is 1.91. The van der Waals surface area contributed by atoms with Gasteiger partial charge in [0.1, 0.15) is 0 Å². The number of halogens is 2. The van der Waals surface area contributed by atoms with Gasteiger partial charge >= 0.3 is 0 Å². The van der Waals surface area contributed by atoms with Crippen LogP contribution in [-0.2, 0) is 0 Å². The monoisotopic (exact) mass is 396 g/mol. The normalized spacial score (nSPS) is 11.5. The Morgan fingerprint density at radius 3 is 2.38 bits per heavy atom. The summed E-state index contributed by atoms with van der Waals surface area (Å²) in [4.78, 5) is 15.2. The van der Waals surface area contributed by atoms with E-state index in [0.29, 0.717) is 21.3 Å². The van der Waals surface area contributed by atoms with Crippen LogP contribution in [0.25, 0.3) is 38.7 Å². The van der Waals surface area contributed by atoms with Crippen molar-refractivity contribution in [3.05, 3.63) is 70.0 Å². The third-order valence-corrected chi connectivity index (χ3v) is 5.47. The van der Waals surface area contributed by atoms with Gasteiger partial charge < -0.3 is 0 Å². The van der Waals surface area contributed by atoms with E-state index in [-0.39, 0.29) is 0 Å². The summed E-state index contributed by atoms with van der Waals surface area (Å²) in [5.41, 5.74) is 3.63. The summed E-state index contributed by atoms with van der Waals surface area (Å²) in [5.74, 6) is 0.759. The third kappa shape index (κ3) is 2.48. The maximum atomic E-state index is 6.50. The summed E-state index contributed by atoms with van der Waals surface area (Å²) in [7, 11) is 0. The highest BCUT2D eigenvalue weighted by molar-refractivity contribution is 7.13. The second kappa shape index (κ2) is 6.06. The zero-order valence-corrected chi connectivity index (χ0v) is 15.6. The summed E-state index contributed by atoms with van der Waals surface area (Å²) in [5, 5.41) is 3.13. The molecule has 0 unspecified atom stereocenters. The molecule has 0 radical (unpaired) electrons. The molecule has 0 saturated carbocycles. The minimum Gasteiger partial charge on any atom is -0.273 e. The molecule has 5 aromatic rings. The van der Waals surface area contributed by atoms with Crippen LogP contribution in [0.4, 0.5) is 0 Å². The van der Waals surface area contributed by atoms with Gasteiger partial charge in [0.05, 0.1) is 26.6 Å². The maximum Gasteiger partial charge on any atom is 0.199 e. The fourth-order valence-corrected chi connectivity index (χ4v) is 4.12. The van der Waals surface area contributed by atoms with E-state index in [2.05, 4.69) is 4.98 Å². The maximum absolute atomic E-state index is 6.50. The highest BCUT2D eigenvalue weighted by Crippen LogP contribution is 2.34. The molecule has 5 rings (SSSR count). The smallest absolute Gasteiger partial charge is 0.199 e. The molecule has 2 aromatic carbocycles. The molecule has 26 heavy (non-hydrogen) atoms. The molecular formula is C19H10Cl2N4S. The minimum absolute atomic E-state index is 0.532. The lowest BCUT2D eigenvalue weighted by Crippen LogP contribution is -1.99. The lowest BCUT2D eigenvalue weighted by atomic mass is 10.3. The summed E-state index contributed by atoms with van der Waals surface area (Å²) in [6.07, 6.45) is 0. The zero-order chi connectivity index (χ0) is 17.7. The molecule has 0 N–H and O–H groups in total. The number of fused-ring (bicyclic) bond motifs is 2. The number of rotatable bonds is 2. The molecule has 0 aliphatic heterocycles. The van der Waals surface area contributed by atoms with Gasteiger partial charge in [-0.05, 0) is 41.8 Å². The van der Waals surface area contributed by atoms with E-state index in [9.17, 15) is 0 Å². The van der Waals surface area contributed by atoms with Gasteiger partial charge in [-0.1, -0.05) is 41.4 Å². The predicted octanol–water partition coefficient (Wildman–Crippen LogP) is 6.00. The van der Waals surface area contributed by atoms with Crippen LogP contribution in [0.5, 0.6) is 0 Å². The molecule has 0 spiro atoms. The van der Waals surface area contributed by atoms with E-state index in [1.54, 1.807) is 23.5 Å². The van der Waals surface area contributed by atoms with Crippen molar-refractivity contribution >= 4 is 56.9 Å². The van der Waals surface area contributed by atoms with Crippen LogP contribution in [0.3, 0.4) is 0 Å².